The van der Waals surface area contributed by atoms with Gasteiger partial charge < -0.3 is 9.13 Å². The Hall–Kier alpha value is -7.97. The number of nitriles is 1. The number of rotatable bonds is 15. The van der Waals surface area contributed by atoms with Gasteiger partial charge in [-0.25, -0.2) is 24.9 Å². The van der Waals surface area contributed by atoms with Crippen molar-refractivity contribution in [1.82, 2.24) is 43.8 Å². The minimum atomic E-state index is 0. The molecular formula is C85H110Cl2N10. The van der Waals surface area contributed by atoms with Crippen LogP contribution < -0.4 is 0 Å². The third-order valence-electron chi connectivity index (χ3n) is 20.5. The van der Waals surface area contributed by atoms with E-state index in [0.717, 1.165) is 82.2 Å². The maximum atomic E-state index is 8.76. The van der Waals surface area contributed by atoms with Crippen LogP contribution in [0.5, 0.6) is 0 Å². The van der Waals surface area contributed by atoms with Crippen molar-refractivity contribution in [2.45, 2.75) is 228 Å². The number of imidazole rings is 2. The average molecular weight is 1340 g/mol. The summed E-state index contributed by atoms with van der Waals surface area (Å²) < 4.78 is 6.15. The molecule has 0 saturated heterocycles. The van der Waals surface area contributed by atoms with Gasteiger partial charge in [0.05, 0.1) is 18.9 Å². The highest BCUT2D eigenvalue weighted by molar-refractivity contribution is 5.85. The van der Waals surface area contributed by atoms with E-state index in [1.807, 2.05) is 80.0 Å². The highest BCUT2D eigenvalue weighted by Gasteiger charge is 2.31. The second-order valence-corrected chi connectivity index (χ2v) is 28.2. The lowest BCUT2D eigenvalue weighted by molar-refractivity contribution is 0.522. The van der Waals surface area contributed by atoms with Gasteiger partial charge in [-0.2, -0.15) is 10.4 Å². The lowest BCUT2D eigenvalue weighted by atomic mass is 9.85. The number of nitrogens with zero attached hydrogens (tertiary/aromatic N) is 10. The van der Waals surface area contributed by atoms with Gasteiger partial charge in [-0.05, 0) is 250 Å². The van der Waals surface area contributed by atoms with Gasteiger partial charge in [0, 0.05) is 69.7 Å². The number of pyridine rings is 1. The molecule has 0 radical (unpaired) electrons. The zero-order valence-corrected chi connectivity index (χ0v) is 58.5. The number of halogens is 2. The molecule has 97 heavy (non-hydrogen) atoms. The Labute approximate surface area is 595 Å². The monoisotopic (exact) mass is 1340 g/mol. The van der Waals surface area contributed by atoms with Gasteiger partial charge in [0.25, 0.3) is 0 Å². The fraction of sp³-hybridized carbons (Fsp3) is 0.424. The summed E-state index contributed by atoms with van der Waals surface area (Å²) in [6, 6.07) is 40.9. The molecule has 0 spiro atoms. The third-order valence-corrected chi connectivity index (χ3v) is 20.5. The molecule has 0 unspecified atom stereocenters. The van der Waals surface area contributed by atoms with E-state index in [9.17, 15) is 0 Å². The fourth-order valence-electron chi connectivity index (χ4n) is 14.4. The Balaban J connectivity index is 0.000000189. The summed E-state index contributed by atoms with van der Waals surface area (Å²) >= 11 is 0. The predicted octanol–water partition coefficient (Wildman–Crippen LogP) is 19.8. The van der Waals surface area contributed by atoms with Gasteiger partial charge in [-0.3, -0.25) is 4.68 Å². The molecule has 5 aliphatic rings. The van der Waals surface area contributed by atoms with Gasteiger partial charge in [0.15, 0.2) is 0 Å². The highest BCUT2D eigenvalue weighted by atomic mass is 35.5. The van der Waals surface area contributed by atoms with Gasteiger partial charge in [0.1, 0.15) is 18.1 Å². The third kappa shape index (κ3) is 21.0. The smallest absolute Gasteiger partial charge is 0.140 e. The molecule has 3 atom stereocenters. The summed E-state index contributed by atoms with van der Waals surface area (Å²) in [5.74, 6) is 2.23. The number of aryl methyl sites for hydroxylation is 16. The van der Waals surface area contributed by atoms with Crippen molar-refractivity contribution < 1.29 is 0 Å². The van der Waals surface area contributed by atoms with Gasteiger partial charge in [-0.15, -0.1) is 24.8 Å². The Morgan fingerprint density at radius 1 is 0.443 bits per heavy atom. The summed E-state index contributed by atoms with van der Waals surface area (Å²) in [6.07, 6.45) is 44.0. The molecule has 5 heterocycles. The Morgan fingerprint density at radius 2 is 0.835 bits per heavy atom. The summed E-state index contributed by atoms with van der Waals surface area (Å²) in [4.78, 5) is 20.4. The summed E-state index contributed by atoms with van der Waals surface area (Å²) in [7, 11) is 1.97. The fourth-order valence-corrected chi connectivity index (χ4v) is 14.4. The molecule has 5 aliphatic carbocycles. The lowest BCUT2D eigenvalue weighted by Gasteiger charge is -2.19. The van der Waals surface area contributed by atoms with Crippen molar-refractivity contribution in [3.63, 3.8) is 0 Å². The molecule has 0 saturated carbocycles. The molecule has 0 bridgehead atoms. The van der Waals surface area contributed by atoms with E-state index < -0.39 is 0 Å². The van der Waals surface area contributed by atoms with E-state index >= 15 is 0 Å². The Morgan fingerprint density at radius 3 is 1.23 bits per heavy atom. The minimum Gasteiger partial charge on any atom is -0.337 e. The molecule has 10 aromatic rings. The van der Waals surface area contributed by atoms with Crippen LogP contribution in [0.2, 0.25) is 0 Å². The highest BCUT2D eigenvalue weighted by Crippen LogP contribution is 2.41. The van der Waals surface area contributed by atoms with E-state index in [-0.39, 0.29) is 47.1 Å². The van der Waals surface area contributed by atoms with E-state index in [1.54, 1.807) is 56.9 Å². The molecule has 5 aromatic carbocycles. The normalized spacial score (nSPS) is 16.3. The summed E-state index contributed by atoms with van der Waals surface area (Å²) in [5.41, 5.74) is 27.6. The minimum absolute atomic E-state index is 0. The number of benzene rings is 5. The zero-order valence-electron chi connectivity index (χ0n) is 56.9. The maximum Gasteiger partial charge on any atom is 0.140 e. The van der Waals surface area contributed by atoms with Gasteiger partial charge in [-0.1, -0.05) is 168 Å². The van der Waals surface area contributed by atoms with Crippen molar-refractivity contribution in [2.75, 3.05) is 0 Å². The topological polar surface area (TPSA) is 116 Å². The van der Waals surface area contributed by atoms with Crippen molar-refractivity contribution >= 4 is 24.8 Å². The number of aromatic nitrogens is 9. The average Bonchev–Trinajstić information content (AvgIpc) is 1.67. The largest absolute Gasteiger partial charge is 0.337 e. The van der Waals surface area contributed by atoms with Crippen LogP contribution >= 0.6 is 24.8 Å². The van der Waals surface area contributed by atoms with Gasteiger partial charge in [0.2, 0.25) is 0 Å². The lowest BCUT2D eigenvalue weighted by Crippen LogP contribution is -2.12. The zero-order chi connectivity index (χ0) is 64.0. The van der Waals surface area contributed by atoms with Crippen molar-refractivity contribution in [1.29, 1.82) is 5.26 Å². The molecular weight excluding hydrogens is 1230 g/mol. The first kappa shape index (κ1) is 78.0. The first-order chi connectivity index (χ1) is 44.6. The van der Waals surface area contributed by atoms with E-state index in [1.165, 1.54) is 120 Å². The number of hydrogen-bond acceptors (Lipinski definition) is 7. The van der Waals surface area contributed by atoms with Crippen molar-refractivity contribution in [2.24, 2.45) is 7.05 Å². The van der Waals surface area contributed by atoms with Crippen LogP contribution in [-0.2, 0) is 114 Å². The van der Waals surface area contributed by atoms with Crippen LogP contribution in [0.3, 0.4) is 0 Å². The summed E-state index contributed by atoms with van der Waals surface area (Å²) in [5, 5.41) is 13.0. The van der Waals surface area contributed by atoms with E-state index in [2.05, 4.69) is 191 Å². The summed E-state index contributed by atoms with van der Waals surface area (Å²) in [6.45, 7) is 18.5. The van der Waals surface area contributed by atoms with Gasteiger partial charge >= 0.3 is 0 Å². The van der Waals surface area contributed by atoms with E-state index in [4.69, 9.17) is 5.26 Å². The van der Waals surface area contributed by atoms with Crippen LogP contribution in [0.25, 0.3) is 0 Å². The maximum absolute atomic E-state index is 8.76. The predicted molar refractivity (Wildman–Crippen MR) is 408 cm³/mol. The van der Waals surface area contributed by atoms with Crippen LogP contribution in [0, 0.1) is 11.3 Å². The molecule has 5 aromatic heterocycles. The molecule has 12 heteroatoms. The first-order valence-electron chi connectivity index (χ1n) is 34.2. The van der Waals surface area contributed by atoms with Crippen LogP contribution in [0.15, 0.2) is 178 Å². The van der Waals surface area contributed by atoms with Crippen LogP contribution in [-0.4, -0.2) is 43.8 Å². The molecule has 10 nitrogen and oxygen atoms in total. The molecule has 15 rings (SSSR count). The first-order valence-corrected chi connectivity index (χ1v) is 34.2. The second kappa shape index (κ2) is 36.6. The molecule has 0 N–H and O–H groups in total. The Bertz CT molecular complexity index is 3950. The quantitative estimate of drug-likeness (QED) is 0.100. The van der Waals surface area contributed by atoms with E-state index in [0.29, 0.717) is 16.5 Å². The standard InChI is InChI=1S/C19H20N2.C17H22N2.C16H18N2.2C15H18N2.3CH4.2ClH/c1-19(2)10-9-16-7-5-14(11-18(16)19)3-4-15-6-8-17(12-20)21-13-15;1-17(2)9-8-15-7-6-13(10-16(15)17)4-5-14-11-18-19(3)12-14;1-12-2-6-15-7-5-13(8-16(12)15)3-4-14-9-17-11-18-10-14;2*1-12-2-4-14-5-3-13(10-15(12)14)6-8-17-9-7-16-11-17;;;;;/h5-8,11,13H,3-4,9-10H2,1-2H3;6-7,10-12H,4-5,8-9H2,1-3H3;5,7-12H,2-4,6H2,1H3;2*3,5,7,9-12H,2,4,6,8H2,1H3;3*1H4;2*1H/t;;3*12-;;;;;/m..010...../s1. The number of fused-ring (bicyclic) bond motifs is 5. The van der Waals surface area contributed by atoms with Crippen molar-refractivity contribution in [3.05, 3.63) is 284 Å². The number of hydrogen-bond donors (Lipinski definition) is 0. The molecule has 0 fully saturated rings. The SMILES string of the molecule is C.C.C.CC1(C)CCc2ccc(CCc3ccc(C#N)nc3)cc21.C[C@@H]1CCc2ccc(CCn3ccnc3)cc21.C[C@H]1CCc2ccc(CCc3cncnc3)cc21.C[C@H]1CCc2ccc(CCn3ccnc3)cc21.Cl.Cl.Cn1cc(CCc2ccc3c(c2)C(C)(C)CC3)cn1. The Kier molecular flexibility index (Phi) is 29.4. The second-order valence-electron chi connectivity index (χ2n) is 28.2. The molecule has 0 amide bonds. The van der Waals surface area contributed by atoms with Crippen LogP contribution in [0.1, 0.15) is 226 Å². The van der Waals surface area contributed by atoms with Crippen LogP contribution in [0.4, 0.5) is 0 Å². The van der Waals surface area contributed by atoms with Crippen molar-refractivity contribution in [3.8, 4) is 6.07 Å². The molecule has 514 valence electrons. The molecule has 0 aliphatic heterocycles.